The third kappa shape index (κ3) is 2.37. The van der Waals surface area contributed by atoms with E-state index in [1.165, 1.54) is 0 Å². The van der Waals surface area contributed by atoms with Gasteiger partial charge in [0.05, 0.1) is 18.5 Å². The van der Waals surface area contributed by atoms with Gasteiger partial charge in [-0.3, -0.25) is 4.68 Å². The molecular formula is C12H17N5O. The fourth-order valence-electron chi connectivity index (χ4n) is 1.71. The SMILES string of the molecule is COc1ccc(CNc2c(N)c(C)nn2C)cn1. The summed E-state index contributed by atoms with van der Waals surface area (Å²) in [4.78, 5) is 4.14. The summed E-state index contributed by atoms with van der Waals surface area (Å²) in [7, 11) is 3.46. The zero-order valence-corrected chi connectivity index (χ0v) is 10.8. The molecule has 0 atom stereocenters. The Kier molecular flexibility index (Phi) is 3.36. The molecule has 2 aromatic rings. The number of pyridine rings is 1. The van der Waals surface area contributed by atoms with Crippen LogP contribution >= 0.6 is 0 Å². The van der Waals surface area contributed by atoms with Gasteiger partial charge in [0.2, 0.25) is 5.88 Å². The van der Waals surface area contributed by atoms with Crippen molar-refractivity contribution >= 4 is 11.5 Å². The molecule has 0 fully saturated rings. The maximum atomic E-state index is 5.93. The molecule has 18 heavy (non-hydrogen) atoms. The van der Waals surface area contributed by atoms with Gasteiger partial charge in [0.1, 0.15) is 5.82 Å². The summed E-state index contributed by atoms with van der Waals surface area (Å²) in [5.74, 6) is 1.43. The van der Waals surface area contributed by atoms with Crippen molar-refractivity contribution < 1.29 is 4.74 Å². The molecule has 2 rings (SSSR count). The second kappa shape index (κ2) is 4.95. The number of rotatable bonds is 4. The van der Waals surface area contributed by atoms with Crippen LogP contribution in [0.3, 0.4) is 0 Å². The molecule has 0 unspecified atom stereocenters. The number of ether oxygens (including phenoxy) is 1. The highest BCUT2D eigenvalue weighted by molar-refractivity contribution is 5.64. The van der Waals surface area contributed by atoms with E-state index >= 15 is 0 Å². The van der Waals surface area contributed by atoms with Gasteiger partial charge < -0.3 is 15.8 Å². The quantitative estimate of drug-likeness (QED) is 0.852. The van der Waals surface area contributed by atoms with Gasteiger partial charge in [-0.25, -0.2) is 4.98 Å². The van der Waals surface area contributed by atoms with Crippen LogP contribution in [0.1, 0.15) is 11.3 Å². The smallest absolute Gasteiger partial charge is 0.212 e. The van der Waals surface area contributed by atoms with E-state index in [-0.39, 0.29) is 0 Å². The number of methoxy groups -OCH3 is 1. The van der Waals surface area contributed by atoms with E-state index in [0.717, 1.165) is 17.1 Å². The van der Waals surface area contributed by atoms with Gasteiger partial charge >= 0.3 is 0 Å². The standard InChI is InChI=1S/C12H17N5O/c1-8-11(13)12(17(2)16-8)15-7-9-4-5-10(18-3)14-6-9/h4-6,15H,7,13H2,1-3H3. The first-order valence-corrected chi connectivity index (χ1v) is 5.63. The van der Waals surface area contributed by atoms with E-state index in [2.05, 4.69) is 15.4 Å². The number of nitrogens with one attached hydrogen (secondary N) is 1. The molecule has 0 saturated heterocycles. The summed E-state index contributed by atoms with van der Waals surface area (Å²) in [6.07, 6.45) is 1.77. The van der Waals surface area contributed by atoms with Crippen LogP contribution in [-0.4, -0.2) is 21.9 Å². The minimum absolute atomic E-state index is 0.606. The highest BCUT2D eigenvalue weighted by atomic mass is 16.5. The molecular weight excluding hydrogens is 230 g/mol. The Bertz CT molecular complexity index is 532. The van der Waals surface area contributed by atoms with Gasteiger partial charge in [0.15, 0.2) is 0 Å². The van der Waals surface area contributed by atoms with E-state index in [1.54, 1.807) is 18.0 Å². The summed E-state index contributed by atoms with van der Waals surface area (Å²) in [5, 5.41) is 7.49. The number of nitrogens with two attached hydrogens (primary N) is 1. The molecule has 2 heterocycles. The Morgan fingerprint density at radius 1 is 1.44 bits per heavy atom. The number of nitrogens with zero attached hydrogens (tertiary/aromatic N) is 3. The van der Waals surface area contributed by atoms with Crippen LogP contribution in [0.5, 0.6) is 5.88 Å². The fourth-order valence-corrected chi connectivity index (χ4v) is 1.71. The van der Waals surface area contributed by atoms with Crippen molar-refractivity contribution in [2.45, 2.75) is 13.5 Å². The molecule has 0 radical (unpaired) electrons. The van der Waals surface area contributed by atoms with E-state index in [1.807, 2.05) is 26.1 Å². The number of aryl methyl sites for hydroxylation is 2. The van der Waals surface area contributed by atoms with Crippen LogP contribution < -0.4 is 15.8 Å². The maximum absolute atomic E-state index is 5.93. The lowest BCUT2D eigenvalue weighted by Gasteiger charge is -2.08. The Morgan fingerprint density at radius 3 is 2.72 bits per heavy atom. The Labute approximate surface area is 106 Å². The first kappa shape index (κ1) is 12.2. The largest absolute Gasteiger partial charge is 0.481 e. The summed E-state index contributed by atoms with van der Waals surface area (Å²) in [5.41, 5.74) is 8.49. The van der Waals surface area contributed by atoms with Crippen LogP contribution in [0.25, 0.3) is 0 Å². The second-order valence-electron chi connectivity index (χ2n) is 4.03. The van der Waals surface area contributed by atoms with Gasteiger partial charge in [0.25, 0.3) is 0 Å². The van der Waals surface area contributed by atoms with E-state index in [0.29, 0.717) is 18.1 Å². The van der Waals surface area contributed by atoms with Crippen molar-refractivity contribution in [2.24, 2.45) is 7.05 Å². The molecule has 6 nitrogen and oxygen atoms in total. The van der Waals surface area contributed by atoms with Crippen molar-refractivity contribution in [3.8, 4) is 5.88 Å². The topological polar surface area (TPSA) is 78.0 Å². The molecule has 0 saturated carbocycles. The van der Waals surface area contributed by atoms with E-state index < -0.39 is 0 Å². The van der Waals surface area contributed by atoms with Gasteiger partial charge in [-0.15, -0.1) is 0 Å². The van der Waals surface area contributed by atoms with Gasteiger partial charge in [-0.2, -0.15) is 5.10 Å². The first-order chi connectivity index (χ1) is 8.61. The summed E-state index contributed by atoms with van der Waals surface area (Å²) in [6.45, 7) is 2.52. The van der Waals surface area contributed by atoms with Crippen molar-refractivity contribution in [2.75, 3.05) is 18.2 Å². The number of nitrogen functional groups attached to an aromatic ring is 1. The molecule has 6 heteroatoms. The molecule has 0 aromatic carbocycles. The molecule has 3 N–H and O–H groups in total. The van der Waals surface area contributed by atoms with Crippen molar-refractivity contribution in [1.82, 2.24) is 14.8 Å². The fraction of sp³-hybridized carbons (Fsp3) is 0.333. The van der Waals surface area contributed by atoms with E-state index in [9.17, 15) is 0 Å². The number of hydrogen-bond acceptors (Lipinski definition) is 5. The molecule has 0 amide bonds. The lowest BCUT2D eigenvalue weighted by Crippen LogP contribution is -2.06. The molecule has 0 aliphatic carbocycles. The van der Waals surface area contributed by atoms with Crippen LogP contribution in [0, 0.1) is 6.92 Å². The second-order valence-corrected chi connectivity index (χ2v) is 4.03. The van der Waals surface area contributed by atoms with E-state index in [4.69, 9.17) is 10.5 Å². The first-order valence-electron chi connectivity index (χ1n) is 5.63. The Morgan fingerprint density at radius 2 is 2.22 bits per heavy atom. The minimum atomic E-state index is 0.606. The zero-order valence-electron chi connectivity index (χ0n) is 10.8. The van der Waals surface area contributed by atoms with Gasteiger partial charge in [-0.05, 0) is 12.5 Å². The summed E-state index contributed by atoms with van der Waals surface area (Å²) in [6, 6.07) is 3.78. The van der Waals surface area contributed by atoms with Gasteiger partial charge in [0, 0.05) is 25.9 Å². The lowest BCUT2D eigenvalue weighted by molar-refractivity contribution is 0.397. The highest BCUT2D eigenvalue weighted by Crippen LogP contribution is 2.21. The molecule has 0 aliphatic rings. The van der Waals surface area contributed by atoms with Crippen LogP contribution in [0.15, 0.2) is 18.3 Å². The maximum Gasteiger partial charge on any atom is 0.212 e. The summed E-state index contributed by atoms with van der Waals surface area (Å²) >= 11 is 0. The average molecular weight is 247 g/mol. The Hall–Kier alpha value is -2.24. The van der Waals surface area contributed by atoms with Crippen LogP contribution in [-0.2, 0) is 13.6 Å². The van der Waals surface area contributed by atoms with Crippen LogP contribution in [0.4, 0.5) is 11.5 Å². The number of aromatic nitrogens is 3. The highest BCUT2D eigenvalue weighted by Gasteiger charge is 2.09. The molecule has 0 bridgehead atoms. The predicted molar refractivity (Wildman–Crippen MR) is 70.5 cm³/mol. The Balaban J connectivity index is 2.06. The predicted octanol–water partition coefficient (Wildman–Crippen LogP) is 1.33. The minimum Gasteiger partial charge on any atom is -0.481 e. The third-order valence-electron chi connectivity index (χ3n) is 2.74. The van der Waals surface area contributed by atoms with Crippen molar-refractivity contribution in [3.05, 3.63) is 29.6 Å². The third-order valence-corrected chi connectivity index (χ3v) is 2.74. The molecule has 96 valence electrons. The normalized spacial score (nSPS) is 10.4. The number of hydrogen-bond donors (Lipinski definition) is 2. The van der Waals surface area contributed by atoms with Crippen molar-refractivity contribution in [1.29, 1.82) is 0 Å². The zero-order chi connectivity index (χ0) is 13.1. The van der Waals surface area contributed by atoms with Crippen molar-refractivity contribution in [3.63, 3.8) is 0 Å². The monoisotopic (exact) mass is 247 g/mol. The summed E-state index contributed by atoms with van der Waals surface area (Å²) < 4.78 is 6.75. The molecule has 0 spiro atoms. The molecule has 0 aliphatic heterocycles. The van der Waals surface area contributed by atoms with Gasteiger partial charge in [-0.1, -0.05) is 6.07 Å². The number of anilines is 2. The van der Waals surface area contributed by atoms with Crippen LogP contribution in [0.2, 0.25) is 0 Å². The average Bonchev–Trinajstić information content (AvgIpc) is 2.62. The molecule has 2 aromatic heterocycles. The lowest BCUT2D eigenvalue weighted by atomic mass is 10.3.